The number of nitrogens with one attached hydrogen (secondary N) is 1. The van der Waals surface area contributed by atoms with Crippen LogP contribution in [0.4, 0.5) is 0 Å². The van der Waals surface area contributed by atoms with Crippen molar-refractivity contribution in [3.63, 3.8) is 0 Å². The maximum absolute atomic E-state index is 12.6. The number of fused-ring (bicyclic) bond motifs is 1. The van der Waals surface area contributed by atoms with E-state index in [0.717, 1.165) is 12.3 Å². The Morgan fingerprint density at radius 1 is 1.24 bits per heavy atom. The highest BCUT2D eigenvalue weighted by atomic mass is 16.5. The van der Waals surface area contributed by atoms with Crippen molar-refractivity contribution in [1.29, 1.82) is 0 Å². The summed E-state index contributed by atoms with van der Waals surface area (Å²) in [5.41, 5.74) is 0. The Morgan fingerprint density at radius 2 is 2.08 bits per heavy atom. The lowest BCUT2D eigenvalue weighted by Crippen LogP contribution is -2.38. The molecular formula is C19H26N2O4. The van der Waals surface area contributed by atoms with Crippen LogP contribution < -0.4 is 5.32 Å². The highest BCUT2D eigenvalue weighted by Gasteiger charge is 2.43. The molecule has 1 N–H and O–H groups in total. The fourth-order valence-electron chi connectivity index (χ4n) is 4.07. The van der Waals surface area contributed by atoms with Gasteiger partial charge < -0.3 is 19.4 Å². The number of ether oxygens (including phenoxy) is 1. The second kappa shape index (κ2) is 6.83. The van der Waals surface area contributed by atoms with E-state index in [4.69, 9.17) is 9.15 Å². The minimum Gasteiger partial charge on any atom is -0.456 e. The van der Waals surface area contributed by atoms with Gasteiger partial charge >= 0.3 is 0 Å². The zero-order valence-electron chi connectivity index (χ0n) is 14.7. The summed E-state index contributed by atoms with van der Waals surface area (Å²) < 4.78 is 11.2. The van der Waals surface area contributed by atoms with Crippen molar-refractivity contribution in [2.45, 2.75) is 26.2 Å². The Morgan fingerprint density at radius 3 is 2.80 bits per heavy atom. The summed E-state index contributed by atoms with van der Waals surface area (Å²) in [6, 6.07) is 3.55. The summed E-state index contributed by atoms with van der Waals surface area (Å²) in [6.45, 7) is 5.30. The molecule has 0 radical (unpaired) electrons. The monoisotopic (exact) mass is 346 g/mol. The maximum Gasteiger partial charge on any atom is 0.289 e. The molecule has 2 aliphatic heterocycles. The standard InChI is InChI=1S/C19H26N2O4/c1-12-2-5-17(25-12)19(23)21-8-15-11-24-10-14(16(15)9-21)6-18(22)20-7-13-3-4-13/h2,5,13-16H,3-4,6-11H2,1H3,(H,20,22)/t14-,15-,16+/m1/s1. The molecule has 25 heavy (non-hydrogen) atoms. The third-order valence-corrected chi connectivity index (χ3v) is 5.73. The van der Waals surface area contributed by atoms with Gasteiger partial charge in [-0.05, 0) is 49.7 Å². The molecule has 3 aliphatic rings. The van der Waals surface area contributed by atoms with Crippen LogP contribution in [0.1, 0.15) is 35.6 Å². The van der Waals surface area contributed by atoms with E-state index in [9.17, 15) is 9.59 Å². The smallest absolute Gasteiger partial charge is 0.289 e. The Kier molecular flexibility index (Phi) is 4.54. The van der Waals surface area contributed by atoms with Crippen LogP contribution in [0.3, 0.4) is 0 Å². The normalized spacial score (nSPS) is 28.7. The largest absolute Gasteiger partial charge is 0.456 e. The van der Waals surface area contributed by atoms with E-state index in [0.29, 0.717) is 56.2 Å². The molecule has 1 aromatic rings. The Hall–Kier alpha value is -1.82. The number of hydrogen-bond donors (Lipinski definition) is 1. The number of likely N-dealkylation sites (tertiary alicyclic amines) is 1. The molecule has 2 amide bonds. The first kappa shape index (κ1) is 16.6. The zero-order chi connectivity index (χ0) is 17.4. The lowest BCUT2D eigenvalue weighted by Gasteiger charge is -2.32. The van der Waals surface area contributed by atoms with E-state index >= 15 is 0 Å². The van der Waals surface area contributed by atoms with Crippen molar-refractivity contribution < 1.29 is 18.7 Å². The minimum atomic E-state index is -0.0561. The molecule has 2 saturated heterocycles. The molecular weight excluding hydrogens is 320 g/mol. The number of furan rings is 1. The summed E-state index contributed by atoms with van der Waals surface area (Å²) in [5.74, 6) is 2.73. The molecule has 0 unspecified atom stereocenters. The third kappa shape index (κ3) is 3.73. The first-order chi connectivity index (χ1) is 12.1. The van der Waals surface area contributed by atoms with Gasteiger partial charge in [0.05, 0.1) is 13.2 Å². The molecule has 3 heterocycles. The zero-order valence-corrected chi connectivity index (χ0v) is 14.7. The highest BCUT2D eigenvalue weighted by Crippen LogP contribution is 2.36. The van der Waals surface area contributed by atoms with E-state index < -0.39 is 0 Å². The van der Waals surface area contributed by atoms with Gasteiger partial charge in [0.25, 0.3) is 5.91 Å². The van der Waals surface area contributed by atoms with Crippen LogP contribution in [0.2, 0.25) is 0 Å². The summed E-state index contributed by atoms with van der Waals surface area (Å²) in [5, 5.41) is 3.04. The molecule has 6 nitrogen and oxygen atoms in total. The number of carbonyl (C=O) groups excluding carboxylic acids is 2. The van der Waals surface area contributed by atoms with Gasteiger partial charge in [-0.2, -0.15) is 0 Å². The van der Waals surface area contributed by atoms with Gasteiger partial charge in [-0.25, -0.2) is 0 Å². The van der Waals surface area contributed by atoms with Gasteiger partial charge in [0.15, 0.2) is 5.76 Å². The predicted molar refractivity (Wildman–Crippen MR) is 91.0 cm³/mol. The van der Waals surface area contributed by atoms with Crippen molar-refractivity contribution >= 4 is 11.8 Å². The van der Waals surface area contributed by atoms with Crippen molar-refractivity contribution in [2.24, 2.45) is 23.7 Å². The summed E-state index contributed by atoms with van der Waals surface area (Å²) in [7, 11) is 0. The van der Waals surface area contributed by atoms with Crippen molar-refractivity contribution in [2.75, 3.05) is 32.8 Å². The first-order valence-electron chi connectivity index (χ1n) is 9.30. The lowest BCUT2D eigenvalue weighted by atomic mass is 9.81. The molecule has 3 atom stereocenters. The highest BCUT2D eigenvalue weighted by molar-refractivity contribution is 5.91. The van der Waals surface area contributed by atoms with Crippen molar-refractivity contribution in [1.82, 2.24) is 10.2 Å². The number of rotatable bonds is 5. The molecule has 3 fully saturated rings. The quantitative estimate of drug-likeness (QED) is 0.883. The topological polar surface area (TPSA) is 71.8 Å². The molecule has 0 aromatic carbocycles. The average molecular weight is 346 g/mol. The van der Waals surface area contributed by atoms with E-state index in [2.05, 4.69) is 5.32 Å². The molecule has 136 valence electrons. The van der Waals surface area contributed by atoms with Crippen molar-refractivity contribution in [3.8, 4) is 0 Å². The van der Waals surface area contributed by atoms with Gasteiger partial charge in [0, 0.05) is 32.0 Å². The van der Waals surface area contributed by atoms with E-state index in [1.54, 1.807) is 6.07 Å². The van der Waals surface area contributed by atoms with Gasteiger partial charge in [-0.15, -0.1) is 0 Å². The number of amides is 2. The molecule has 1 saturated carbocycles. The van der Waals surface area contributed by atoms with Gasteiger partial charge in [0.1, 0.15) is 5.76 Å². The van der Waals surface area contributed by atoms with Gasteiger partial charge in [-0.1, -0.05) is 0 Å². The fraction of sp³-hybridized carbons (Fsp3) is 0.684. The van der Waals surface area contributed by atoms with E-state index in [-0.39, 0.29) is 17.7 Å². The molecule has 0 spiro atoms. The number of nitrogens with zero attached hydrogens (tertiary/aromatic N) is 1. The Labute approximate surface area is 147 Å². The Bertz CT molecular complexity index is 652. The van der Waals surface area contributed by atoms with Gasteiger partial charge in [-0.3, -0.25) is 9.59 Å². The van der Waals surface area contributed by atoms with Gasteiger partial charge in [0.2, 0.25) is 5.91 Å². The summed E-state index contributed by atoms with van der Waals surface area (Å²) in [4.78, 5) is 26.7. The first-order valence-corrected chi connectivity index (χ1v) is 9.30. The van der Waals surface area contributed by atoms with Crippen molar-refractivity contribution in [3.05, 3.63) is 23.7 Å². The summed E-state index contributed by atoms with van der Waals surface area (Å²) in [6.07, 6.45) is 2.97. The van der Waals surface area contributed by atoms with Crippen LogP contribution in [0.5, 0.6) is 0 Å². The number of carbonyl (C=O) groups is 2. The van der Waals surface area contributed by atoms with Crippen LogP contribution in [0.25, 0.3) is 0 Å². The predicted octanol–water partition coefficient (Wildman–Crippen LogP) is 1.84. The van der Waals surface area contributed by atoms with E-state index in [1.807, 2.05) is 17.9 Å². The third-order valence-electron chi connectivity index (χ3n) is 5.73. The maximum atomic E-state index is 12.6. The fourth-order valence-corrected chi connectivity index (χ4v) is 4.07. The van der Waals surface area contributed by atoms with E-state index in [1.165, 1.54) is 12.8 Å². The lowest BCUT2D eigenvalue weighted by molar-refractivity contribution is -0.124. The van der Waals surface area contributed by atoms with Crippen LogP contribution in [0.15, 0.2) is 16.5 Å². The van der Waals surface area contributed by atoms with Crippen LogP contribution in [0, 0.1) is 30.6 Å². The SMILES string of the molecule is Cc1ccc(C(=O)N2C[C@@H]3COC[C@@H](CC(=O)NCC4CC4)[C@@H]3C2)o1. The molecule has 0 bridgehead atoms. The molecule has 6 heteroatoms. The minimum absolute atomic E-state index is 0.0561. The second-order valence-electron chi connectivity index (χ2n) is 7.79. The molecule has 1 aromatic heterocycles. The van der Waals surface area contributed by atoms with Crippen LogP contribution in [-0.2, 0) is 9.53 Å². The second-order valence-corrected chi connectivity index (χ2v) is 7.79. The van der Waals surface area contributed by atoms with Crippen LogP contribution >= 0.6 is 0 Å². The average Bonchev–Trinajstić information content (AvgIpc) is 3.15. The molecule has 4 rings (SSSR count). The molecule has 1 aliphatic carbocycles. The number of aryl methyl sites for hydroxylation is 1. The summed E-state index contributed by atoms with van der Waals surface area (Å²) >= 11 is 0. The Balaban J connectivity index is 1.36. The van der Waals surface area contributed by atoms with Crippen LogP contribution in [-0.4, -0.2) is 49.6 Å². The number of hydrogen-bond acceptors (Lipinski definition) is 4.